The monoisotopic (exact) mass is 247 g/mol. The molecule has 2 rings (SSSR count). The summed E-state index contributed by atoms with van der Waals surface area (Å²) in [6.45, 7) is 4.03. The molecule has 1 saturated heterocycles. The number of hydrogen-bond donors (Lipinski definition) is 0. The van der Waals surface area contributed by atoms with Crippen molar-refractivity contribution >= 4 is 5.91 Å². The topological polar surface area (TPSA) is 29.5 Å². The van der Waals surface area contributed by atoms with Crippen molar-refractivity contribution in [2.75, 3.05) is 20.2 Å². The molecule has 98 valence electrons. The minimum atomic E-state index is 0.145. The summed E-state index contributed by atoms with van der Waals surface area (Å²) in [4.78, 5) is 14.3. The highest BCUT2D eigenvalue weighted by molar-refractivity contribution is 5.94. The standard InChI is InChI=1S/C15H21NO2/c1-12-4-3-10-16(11-9-12)15(17)13-5-7-14(18-2)8-6-13/h5-8,12H,3-4,9-11H2,1-2H3. The van der Waals surface area contributed by atoms with Crippen molar-refractivity contribution in [1.82, 2.24) is 4.90 Å². The molecule has 0 radical (unpaired) electrons. The molecule has 1 unspecified atom stereocenters. The number of nitrogens with zero attached hydrogens (tertiary/aromatic N) is 1. The average Bonchev–Trinajstić information content (AvgIpc) is 2.63. The van der Waals surface area contributed by atoms with Crippen LogP contribution in [0.4, 0.5) is 0 Å². The third-order valence-electron chi connectivity index (χ3n) is 3.64. The van der Waals surface area contributed by atoms with Gasteiger partial charge in [-0.2, -0.15) is 0 Å². The first kappa shape index (κ1) is 12.9. The number of carbonyl (C=O) groups is 1. The third kappa shape index (κ3) is 3.03. The van der Waals surface area contributed by atoms with E-state index >= 15 is 0 Å². The molecule has 0 aromatic heterocycles. The molecule has 1 atom stereocenters. The van der Waals surface area contributed by atoms with Crippen LogP contribution in [0.2, 0.25) is 0 Å². The minimum absolute atomic E-state index is 0.145. The number of ether oxygens (including phenoxy) is 1. The van der Waals surface area contributed by atoms with Crippen LogP contribution in [0, 0.1) is 5.92 Å². The molecule has 0 aliphatic carbocycles. The van der Waals surface area contributed by atoms with Crippen LogP contribution in [0.3, 0.4) is 0 Å². The van der Waals surface area contributed by atoms with E-state index in [1.54, 1.807) is 7.11 Å². The van der Waals surface area contributed by atoms with Crippen molar-refractivity contribution in [2.24, 2.45) is 5.92 Å². The molecule has 1 aromatic carbocycles. The summed E-state index contributed by atoms with van der Waals surface area (Å²) in [6, 6.07) is 7.37. The molecule has 3 heteroatoms. The van der Waals surface area contributed by atoms with Gasteiger partial charge < -0.3 is 9.64 Å². The summed E-state index contributed by atoms with van der Waals surface area (Å²) in [5.74, 6) is 1.67. The van der Waals surface area contributed by atoms with E-state index in [2.05, 4.69) is 6.92 Å². The highest BCUT2D eigenvalue weighted by Gasteiger charge is 2.19. The van der Waals surface area contributed by atoms with E-state index in [0.29, 0.717) is 0 Å². The molecule has 0 spiro atoms. The molecular formula is C15H21NO2. The molecule has 0 N–H and O–H groups in total. The fraction of sp³-hybridized carbons (Fsp3) is 0.533. The van der Waals surface area contributed by atoms with E-state index in [1.165, 1.54) is 6.42 Å². The van der Waals surface area contributed by atoms with Gasteiger partial charge in [0.25, 0.3) is 5.91 Å². The molecule has 1 aromatic rings. The Morgan fingerprint density at radius 2 is 1.94 bits per heavy atom. The van der Waals surface area contributed by atoms with E-state index in [9.17, 15) is 4.79 Å². The summed E-state index contributed by atoms with van der Waals surface area (Å²) in [7, 11) is 1.63. The molecule has 3 nitrogen and oxygen atoms in total. The fourth-order valence-electron chi connectivity index (χ4n) is 2.38. The predicted octanol–water partition coefficient (Wildman–Crippen LogP) is 2.96. The average molecular weight is 247 g/mol. The van der Waals surface area contributed by atoms with Crippen molar-refractivity contribution in [2.45, 2.75) is 26.2 Å². The second-order valence-corrected chi connectivity index (χ2v) is 5.06. The summed E-state index contributed by atoms with van der Waals surface area (Å²) < 4.78 is 5.10. The number of carbonyl (C=O) groups excluding carboxylic acids is 1. The first-order valence-corrected chi connectivity index (χ1v) is 6.64. The first-order chi connectivity index (χ1) is 8.70. The van der Waals surface area contributed by atoms with Crippen LogP contribution in [-0.2, 0) is 0 Å². The molecular weight excluding hydrogens is 226 g/mol. The second kappa shape index (κ2) is 5.89. The van der Waals surface area contributed by atoms with Gasteiger partial charge in [-0.05, 0) is 49.4 Å². The zero-order chi connectivity index (χ0) is 13.0. The summed E-state index contributed by atoms with van der Waals surface area (Å²) in [5, 5.41) is 0. The first-order valence-electron chi connectivity index (χ1n) is 6.64. The van der Waals surface area contributed by atoms with Crippen LogP contribution >= 0.6 is 0 Å². The van der Waals surface area contributed by atoms with Gasteiger partial charge in [-0.3, -0.25) is 4.79 Å². The maximum atomic E-state index is 12.3. The van der Waals surface area contributed by atoms with Crippen molar-refractivity contribution in [3.8, 4) is 5.75 Å². The lowest BCUT2D eigenvalue weighted by atomic mass is 10.0. The number of hydrogen-bond acceptors (Lipinski definition) is 2. The fourth-order valence-corrected chi connectivity index (χ4v) is 2.38. The van der Waals surface area contributed by atoms with Gasteiger partial charge in [0.05, 0.1) is 7.11 Å². The van der Waals surface area contributed by atoms with Gasteiger partial charge >= 0.3 is 0 Å². The number of amides is 1. The lowest BCUT2D eigenvalue weighted by Crippen LogP contribution is -2.31. The lowest BCUT2D eigenvalue weighted by Gasteiger charge is -2.20. The van der Waals surface area contributed by atoms with Gasteiger partial charge in [-0.15, -0.1) is 0 Å². The Hall–Kier alpha value is -1.51. The Balaban J connectivity index is 2.05. The zero-order valence-electron chi connectivity index (χ0n) is 11.2. The molecule has 1 aliphatic heterocycles. The van der Waals surface area contributed by atoms with Crippen molar-refractivity contribution in [1.29, 1.82) is 0 Å². The summed E-state index contributed by atoms with van der Waals surface area (Å²) in [5.41, 5.74) is 0.755. The van der Waals surface area contributed by atoms with Gasteiger partial charge in [0, 0.05) is 18.7 Å². The predicted molar refractivity (Wildman–Crippen MR) is 71.9 cm³/mol. The smallest absolute Gasteiger partial charge is 0.253 e. The van der Waals surface area contributed by atoms with Gasteiger partial charge in [-0.25, -0.2) is 0 Å². The zero-order valence-corrected chi connectivity index (χ0v) is 11.2. The third-order valence-corrected chi connectivity index (χ3v) is 3.64. The Bertz CT molecular complexity index is 399. The minimum Gasteiger partial charge on any atom is -0.497 e. The maximum Gasteiger partial charge on any atom is 0.253 e. The molecule has 1 fully saturated rings. The maximum absolute atomic E-state index is 12.3. The van der Waals surface area contributed by atoms with Crippen molar-refractivity contribution in [3.05, 3.63) is 29.8 Å². The van der Waals surface area contributed by atoms with Crippen LogP contribution in [-0.4, -0.2) is 31.0 Å². The van der Waals surface area contributed by atoms with Crippen molar-refractivity contribution in [3.63, 3.8) is 0 Å². The van der Waals surface area contributed by atoms with E-state index < -0.39 is 0 Å². The molecule has 0 bridgehead atoms. The molecule has 1 amide bonds. The van der Waals surface area contributed by atoms with Crippen LogP contribution in [0.1, 0.15) is 36.5 Å². The molecule has 1 heterocycles. The molecule has 1 aliphatic rings. The largest absolute Gasteiger partial charge is 0.497 e. The highest BCUT2D eigenvalue weighted by Crippen LogP contribution is 2.19. The van der Waals surface area contributed by atoms with E-state index in [1.807, 2.05) is 29.2 Å². The molecule has 0 saturated carbocycles. The SMILES string of the molecule is COc1ccc(C(=O)N2CCCC(C)CC2)cc1. The Kier molecular flexibility index (Phi) is 4.24. The lowest BCUT2D eigenvalue weighted by molar-refractivity contribution is 0.0760. The van der Waals surface area contributed by atoms with Gasteiger partial charge in [-0.1, -0.05) is 6.92 Å². The summed E-state index contributed by atoms with van der Waals surface area (Å²) in [6.07, 6.45) is 3.46. The van der Waals surface area contributed by atoms with Crippen molar-refractivity contribution < 1.29 is 9.53 Å². The Morgan fingerprint density at radius 3 is 2.61 bits per heavy atom. The highest BCUT2D eigenvalue weighted by atomic mass is 16.5. The number of benzene rings is 1. The van der Waals surface area contributed by atoms with Gasteiger partial charge in [0.15, 0.2) is 0 Å². The Morgan fingerprint density at radius 1 is 1.22 bits per heavy atom. The van der Waals surface area contributed by atoms with Crippen LogP contribution in [0.5, 0.6) is 5.75 Å². The number of rotatable bonds is 2. The Labute approximate surface area is 109 Å². The van der Waals surface area contributed by atoms with E-state index in [-0.39, 0.29) is 5.91 Å². The van der Waals surface area contributed by atoms with Gasteiger partial charge in [0.2, 0.25) is 0 Å². The van der Waals surface area contributed by atoms with E-state index in [0.717, 1.165) is 43.2 Å². The quantitative estimate of drug-likeness (QED) is 0.804. The van der Waals surface area contributed by atoms with Gasteiger partial charge in [0.1, 0.15) is 5.75 Å². The summed E-state index contributed by atoms with van der Waals surface area (Å²) >= 11 is 0. The second-order valence-electron chi connectivity index (χ2n) is 5.06. The molecule has 18 heavy (non-hydrogen) atoms. The normalized spacial score (nSPS) is 20.3. The van der Waals surface area contributed by atoms with E-state index in [4.69, 9.17) is 4.74 Å². The number of methoxy groups -OCH3 is 1. The van der Waals surface area contributed by atoms with Crippen LogP contribution in [0.25, 0.3) is 0 Å². The van der Waals surface area contributed by atoms with Crippen LogP contribution < -0.4 is 4.74 Å². The number of likely N-dealkylation sites (tertiary alicyclic amines) is 1. The van der Waals surface area contributed by atoms with Crippen LogP contribution in [0.15, 0.2) is 24.3 Å².